The summed E-state index contributed by atoms with van der Waals surface area (Å²) in [5, 5.41) is 8.95. The molecule has 0 unspecified atom stereocenters. The molecule has 0 aliphatic carbocycles. The van der Waals surface area contributed by atoms with Gasteiger partial charge in [0.15, 0.2) is 0 Å². The highest BCUT2D eigenvalue weighted by atomic mass is 16.5. The van der Waals surface area contributed by atoms with E-state index in [1.54, 1.807) is 0 Å². The average Bonchev–Trinajstić information content (AvgIpc) is 2.05. The van der Waals surface area contributed by atoms with Gasteiger partial charge >= 0.3 is 0 Å². The zero-order valence-electron chi connectivity index (χ0n) is 6.89. The van der Waals surface area contributed by atoms with Gasteiger partial charge in [0.05, 0.1) is 11.5 Å². The third-order valence-electron chi connectivity index (χ3n) is 2.38. The van der Waals surface area contributed by atoms with Gasteiger partial charge in [-0.2, -0.15) is 5.26 Å². The lowest BCUT2D eigenvalue weighted by Gasteiger charge is -2.30. The number of rotatable bonds is 1. The van der Waals surface area contributed by atoms with Crippen molar-refractivity contribution in [3.8, 4) is 6.07 Å². The fourth-order valence-electron chi connectivity index (χ4n) is 1.35. The number of hydrogen-bond donors (Lipinski definition) is 0. The second-order valence-corrected chi connectivity index (χ2v) is 3.09. The van der Waals surface area contributed by atoms with Crippen LogP contribution in [0.4, 0.5) is 0 Å². The van der Waals surface area contributed by atoms with Crippen LogP contribution in [0.1, 0.15) is 19.8 Å². The molecule has 60 valence electrons. The smallest absolute Gasteiger partial charge is 0.0821 e. The molecule has 1 saturated heterocycles. The Morgan fingerprint density at radius 1 is 1.55 bits per heavy atom. The van der Waals surface area contributed by atoms with Crippen LogP contribution in [0.5, 0.6) is 0 Å². The van der Waals surface area contributed by atoms with E-state index >= 15 is 0 Å². The number of allylic oxidation sites excluding steroid dienone is 1. The van der Waals surface area contributed by atoms with Crippen LogP contribution in [-0.4, -0.2) is 13.2 Å². The maximum absolute atomic E-state index is 8.95. The number of hydrogen-bond acceptors (Lipinski definition) is 2. The lowest BCUT2D eigenvalue weighted by atomic mass is 9.76. The molecule has 0 radical (unpaired) electrons. The van der Waals surface area contributed by atoms with Crippen molar-refractivity contribution in [1.29, 1.82) is 5.26 Å². The van der Waals surface area contributed by atoms with E-state index < -0.39 is 0 Å². The summed E-state index contributed by atoms with van der Waals surface area (Å²) in [6.45, 7) is 7.16. The standard InChI is InChI=1S/C9H13NO/c1-8(2)9(7-10)3-5-11-6-4-9/h1,3-6H2,2H3. The first kappa shape index (κ1) is 8.29. The van der Waals surface area contributed by atoms with Crippen LogP contribution in [0.3, 0.4) is 0 Å². The van der Waals surface area contributed by atoms with E-state index in [1.807, 2.05) is 6.92 Å². The highest BCUT2D eigenvalue weighted by molar-refractivity contribution is 5.19. The fraction of sp³-hybridized carbons (Fsp3) is 0.667. The number of ether oxygens (including phenoxy) is 1. The van der Waals surface area contributed by atoms with Crippen LogP contribution < -0.4 is 0 Å². The molecule has 2 nitrogen and oxygen atoms in total. The number of nitriles is 1. The molecule has 0 amide bonds. The summed E-state index contributed by atoms with van der Waals surface area (Å²) in [5.74, 6) is 0. The molecular formula is C9H13NO. The summed E-state index contributed by atoms with van der Waals surface area (Å²) in [5.41, 5.74) is 0.682. The molecule has 0 aromatic heterocycles. The molecule has 1 fully saturated rings. The SMILES string of the molecule is C=C(C)C1(C#N)CCOCC1. The first-order valence-corrected chi connectivity index (χ1v) is 3.86. The molecule has 0 atom stereocenters. The van der Waals surface area contributed by atoms with Crippen LogP contribution in [0.15, 0.2) is 12.2 Å². The quantitative estimate of drug-likeness (QED) is 0.536. The Bertz CT molecular complexity index is 196. The maximum Gasteiger partial charge on any atom is 0.0821 e. The third kappa shape index (κ3) is 1.44. The molecule has 0 aromatic carbocycles. The van der Waals surface area contributed by atoms with E-state index in [2.05, 4.69) is 12.6 Å². The van der Waals surface area contributed by atoms with Crippen LogP contribution in [0, 0.1) is 16.7 Å². The van der Waals surface area contributed by atoms with Crippen LogP contribution >= 0.6 is 0 Å². The summed E-state index contributed by atoms with van der Waals surface area (Å²) in [6.07, 6.45) is 1.61. The minimum atomic E-state index is -0.293. The molecule has 0 spiro atoms. The van der Waals surface area contributed by atoms with Crippen molar-refractivity contribution in [2.45, 2.75) is 19.8 Å². The first-order chi connectivity index (χ1) is 5.21. The number of nitrogens with zero attached hydrogens (tertiary/aromatic N) is 1. The van der Waals surface area contributed by atoms with Crippen LogP contribution in [-0.2, 0) is 4.74 Å². The first-order valence-electron chi connectivity index (χ1n) is 3.86. The predicted octanol–water partition coefficient (Wildman–Crippen LogP) is 1.88. The van der Waals surface area contributed by atoms with Gasteiger partial charge < -0.3 is 4.74 Å². The molecule has 11 heavy (non-hydrogen) atoms. The topological polar surface area (TPSA) is 33.0 Å². The van der Waals surface area contributed by atoms with E-state index in [4.69, 9.17) is 10.00 Å². The van der Waals surface area contributed by atoms with Crippen molar-refractivity contribution in [3.63, 3.8) is 0 Å². The van der Waals surface area contributed by atoms with Gasteiger partial charge in [0.1, 0.15) is 0 Å². The Morgan fingerprint density at radius 2 is 2.09 bits per heavy atom. The zero-order valence-corrected chi connectivity index (χ0v) is 6.89. The van der Waals surface area contributed by atoms with Crippen molar-refractivity contribution in [2.75, 3.05) is 13.2 Å². The van der Waals surface area contributed by atoms with Crippen molar-refractivity contribution >= 4 is 0 Å². The summed E-state index contributed by atoms with van der Waals surface area (Å²) in [4.78, 5) is 0. The zero-order chi connectivity index (χ0) is 8.32. The van der Waals surface area contributed by atoms with E-state index in [9.17, 15) is 0 Å². The second-order valence-electron chi connectivity index (χ2n) is 3.09. The summed E-state index contributed by atoms with van der Waals surface area (Å²) in [7, 11) is 0. The van der Waals surface area contributed by atoms with Gasteiger partial charge in [-0.05, 0) is 19.8 Å². The minimum Gasteiger partial charge on any atom is -0.381 e. The molecular weight excluding hydrogens is 138 g/mol. The second kappa shape index (κ2) is 3.06. The Morgan fingerprint density at radius 3 is 2.36 bits per heavy atom. The Kier molecular flexibility index (Phi) is 2.31. The minimum absolute atomic E-state index is 0.293. The van der Waals surface area contributed by atoms with Crippen LogP contribution in [0.2, 0.25) is 0 Å². The average molecular weight is 151 g/mol. The van der Waals surface area contributed by atoms with Gasteiger partial charge in [-0.15, -0.1) is 0 Å². The highest BCUT2D eigenvalue weighted by Crippen LogP contribution is 2.35. The Labute approximate surface area is 67.5 Å². The van der Waals surface area contributed by atoms with E-state index in [0.29, 0.717) is 13.2 Å². The van der Waals surface area contributed by atoms with Gasteiger partial charge in [0, 0.05) is 13.2 Å². The monoisotopic (exact) mass is 151 g/mol. The lowest BCUT2D eigenvalue weighted by Crippen LogP contribution is -2.28. The van der Waals surface area contributed by atoms with Crippen molar-refractivity contribution in [2.24, 2.45) is 5.41 Å². The molecule has 1 rings (SSSR count). The summed E-state index contributed by atoms with van der Waals surface area (Å²) < 4.78 is 5.18. The van der Waals surface area contributed by atoms with Gasteiger partial charge in [-0.25, -0.2) is 0 Å². The van der Waals surface area contributed by atoms with Crippen molar-refractivity contribution < 1.29 is 4.74 Å². The largest absolute Gasteiger partial charge is 0.381 e. The van der Waals surface area contributed by atoms with Gasteiger partial charge in [-0.3, -0.25) is 0 Å². The summed E-state index contributed by atoms with van der Waals surface area (Å²) >= 11 is 0. The van der Waals surface area contributed by atoms with Crippen molar-refractivity contribution in [3.05, 3.63) is 12.2 Å². The summed E-state index contributed by atoms with van der Waals surface area (Å²) in [6, 6.07) is 2.34. The molecule has 0 bridgehead atoms. The van der Waals surface area contributed by atoms with E-state index in [0.717, 1.165) is 18.4 Å². The predicted molar refractivity (Wildman–Crippen MR) is 42.9 cm³/mol. The molecule has 0 aromatic rings. The highest BCUT2D eigenvalue weighted by Gasteiger charge is 2.33. The fourth-order valence-corrected chi connectivity index (χ4v) is 1.35. The molecule has 0 saturated carbocycles. The third-order valence-corrected chi connectivity index (χ3v) is 2.38. The molecule has 1 heterocycles. The lowest BCUT2D eigenvalue weighted by molar-refractivity contribution is 0.0542. The maximum atomic E-state index is 8.95. The van der Waals surface area contributed by atoms with Crippen LogP contribution in [0.25, 0.3) is 0 Å². The van der Waals surface area contributed by atoms with Gasteiger partial charge in [0.2, 0.25) is 0 Å². The molecule has 0 N–H and O–H groups in total. The van der Waals surface area contributed by atoms with Crippen molar-refractivity contribution in [1.82, 2.24) is 0 Å². The van der Waals surface area contributed by atoms with E-state index in [1.165, 1.54) is 0 Å². The Hall–Kier alpha value is -0.810. The van der Waals surface area contributed by atoms with Gasteiger partial charge in [-0.1, -0.05) is 12.2 Å². The molecule has 1 aliphatic heterocycles. The molecule has 2 heteroatoms. The van der Waals surface area contributed by atoms with Gasteiger partial charge in [0.25, 0.3) is 0 Å². The normalized spacial score (nSPS) is 22.2. The Balaban J connectivity index is 2.75. The van der Waals surface area contributed by atoms with E-state index in [-0.39, 0.29) is 5.41 Å². The molecule has 1 aliphatic rings.